The molecule has 0 saturated heterocycles. The van der Waals surface area contributed by atoms with Crippen LogP contribution in [0.4, 0.5) is 0 Å². The number of hydrogen-bond donors (Lipinski definition) is 0. The van der Waals surface area contributed by atoms with Crippen molar-refractivity contribution in [1.82, 2.24) is 10.1 Å². The molecule has 1 heterocycles. The van der Waals surface area contributed by atoms with Gasteiger partial charge in [0, 0.05) is 13.0 Å². The SMILES string of the molecule is COC(c1noc(CC(=O)C2CC2)n1)C(C)C. The second kappa shape index (κ2) is 4.96. The first-order valence-corrected chi connectivity index (χ1v) is 5.99. The second-order valence-electron chi connectivity index (χ2n) is 4.86. The summed E-state index contributed by atoms with van der Waals surface area (Å²) in [5, 5.41) is 3.88. The lowest BCUT2D eigenvalue weighted by molar-refractivity contribution is -0.119. The van der Waals surface area contributed by atoms with Crippen LogP contribution in [0.2, 0.25) is 0 Å². The number of carbonyl (C=O) groups is 1. The molecule has 0 spiro atoms. The van der Waals surface area contributed by atoms with Crippen molar-refractivity contribution >= 4 is 5.78 Å². The standard InChI is InChI=1S/C12H18N2O3/c1-7(2)11(16-3)12-13-10(17-14-12)6-9(15)8-4-5-8/h7-8,11H,4-6H2,1-3H3. The number of nitrogens with zero attached hydrogens (tertiary/aromatic N) is 2. The van der Waals surface area contributed by atoms with E-state index in [9.17, 15) is 4.79 Å². The monoisotopic (exact) mass is 238 g/mol. The maximum absolute atomic E-state index is 11.6. The van der Waals surface area contributed by atoms with Gasteiger partial charge < -0.3 is 9.26 Å². The van der Waals surface area contributed by atoms with E-state index in [0.29, 0.717) is 11.7 Å². The highest BCUT2D eigenvalue weighted by Gasteiger charge is 2.31. The second-order valence-corrected chi connectivity index (χ2v) is 4.86. The zero-order valence-electron chi connectivity index (χ0n) is 10.5. The van der Waals surface area contributed by atoms with Gasteiger partial charge in [-0.05, 0) is 18.8 Å². The average molecular weight is 238 g/mol. The van der Waals surface area contributed by atoms with E-state index in [1.165, 1.54) is 0 Å². The Hall–Kier alpha value is -1.23. The molecule has 5 nitrogen and oxygen atoms in total. The van der Waals surface area contributed by atoms with Crippen molar-refractivity contribution in [2.24, 2.45) is 11.8 Å². The number of ether oxygens (including phenoxy) is 1. The highest BCUT2D eigenvalue weighted by molar-refractivity contribution is 5.84. The van der Waals surface area contributed by atoms with Gasteiger partial charge in [-0.1, -0.05) is 19.0 Å². The van der Waals surface area contributed by atoms with Crippen molar-refractivity contribution < 1.29 is 14.1 Å². The van der Waals surface area contributed by atoms with Crippen molar-refractivity contribution in [2.75, 3.05) is 7.11 Å². The molecular weight excluding hydrogens is 220 g/mol. The van der Waals surface area contributed by atoms with Crippen molar-refractivity contribution in [2.45, 2.75) is 39.2 Å². The number of hydrogen-bond acceptors (Lipinski definition) is 5. The van der Waals surface area contributed by atoms with Gasteiger partial charge in [0.15, 0.2) is 0 Å². The molecule has 0 aromatic carbocycles. The maximum Gasteiger partial charge on any atom is 0.234 e. The highest BCUT2D eigenvalue weighted by Crippen LogP contribution is 2.31. The maximum atomic E-state index is 11.6. The number of carbonyl (C=O) groups excluding carboxylic acids is 1. The summed E-state index contributed by atoms with van der Waals surface area (Å²) in [6.45, 7) is 4.05. The molecule has 5 heteroatoms. The largest absolute Gasteiger partial charge is 0.373 e. The van der Waals surface area contributed by atoms with E-state index in [0.717, 1.165) is 12.8 Å². The van der Waals surface area contributed by atoms with Crippen LogP contribution < -0.4 is 0 Å². The molecule has 0 amide bonds. The van der Waals surface area contributed by atoms with Crippen molar-refractivity contribution in [3.05, 3.63) is 11.7 Å². The Morgan fingerprint density at radius 3 is 2.76 bits per heavy atom. The summed E-state index contributed by atoms with van der Waals surface area (Å²) in [6.07, 6.45) is 2.09. The molecule has 1 saturated carbocycles. The highest BCUT2D eigenvalue weighted by atomic mass is 16.5. The quantitative estimate of drug-likeness (QED) is 0.757. The summed E-state index contributed by atoms with van der Waals surface area (Å²) in [4.78, 5) is 15.8. The molecule has 0 radical (unpaired) electrons. The summed E-state index contributed by atoms with van der Waals surface area (Å²) in [5.74, 6) is 1.64. The molecule has 0 aliphatic heterocycles. The summed E-state index contributed by atoms with van der Waals surface area (Å²) < 4.78 is 10.4. The summed E-state index contributed by atoms with van der Waals surface area (Å²) in [6, 6.07) is 0. The lowest BCUT2D eigenvalue weighted by Crippen LogP contribution is -2.11. The van der Waals surface area contributed by atoms with Gasteiger partial charge in [-0.2, -0.15) is 4.98 Å². The summed E-state index contributed by atoms with van der Waals surface area (Å²) in [5.41, 5.74) is 0. The minimum absolute atomic E-state index is 0.177. The average Bonchev–Trinajstić information content (AvgIpc) is 3.03. The molecule has 1 aliphatic rings. The first kappa shape index (κ1) is 12.2. The molecule has 1 aromatic rings. The number of rotatable bonds is 6. The van der Waals surface area contributed by atoms with Crippen LogP contribution in [0.5, 0.6) is 0 Å². The zero-order chi connectivity index (χ0) is 12.4. The molecule has 94 valence electrons. The van der Waals surface area contributed by atoms with Crippen LogP contribution in [-0.4, -0.2) is 23.0 Å². The van der Waals surface area contributed by atoms with Gasteiger partial charge >= 0.3 is 0 Å². The molecule has 1 aliphatic carbocycles. The molecule has 1 aromatic heterocycles. The minimum atomic E-state index is -0.177. The normalized spacial score (nSPS) is 17.4. The Balaban J connectivity index is 2.01. The Bertz CT molecular complexity index is 396. The lowest BCUT2D eigenvalue weighted by Gasteiger charge is -2.14. The van der Waals surface area contributed by atoms with Gasteiger partial charge in [0.1, 0.15) is 11.9 Å². The lowest BCUT2D eigenvalue weighted by atomic mass is 10.1. The van der Waals surface area contributed by atoms with Crippen LogP contribution in [0.3, 0.4) is 0 Å². The molecule has 1 fully saturated rings. The third-order valence-electron chi connectivity index (χ3n) is 2.96. The molecule has 2 rings (SSSR count). The molecule has 17 heavy (non-hydrogen) atoms. The van der Waals surface area contributed by atoms with Gasteiger partial charge in [-0.15, -0.1) is 0 Å². The van der Waals surface area contributed by atoms with Crippen LogP contribution in [-0.2, 0) is 16.0 Å². The van der Waals surface area contributed by atoms with Crippen LogP contribution in [0, 0.1) is 11.8 Å². The van der Waals surface area contributed by atoms with Crippen molar-refractivity contribution in [1.29, 1.82) is 0 Å². The number of aromatic nitrogens is 2. The van der Waals surface area contributed by atoms with E-state index in [1.54, 1.807) is 7.11 Å². The predicted molar refractivity (Wildman–Crippen MR) is 60.3 cm³/mol. The Kier molecular flexibility index (Phi) is 3.57. The summed E-state index contributed by atoms with van der Waals surface area (Å²) >= 11 is 0. The van der Waals surface area contributed by atoms with E-state index in [2.05, 4.69) is 10.1 Å². The zero-order valence-corrected chi connectivity index (χ0v) is 10.5. The first-order chi connectivity index (χ1) is 8.11. The fraction of sp³-hybridized carbons (Fsp3) is 0.750. The first-order valence-electron chi connectivity index (χ1n) is 5.99. The Labute approximate surface area is 101 Å². The van der Waals surface area contributed by atoms with E-state index >= 15 is 0 Å². The van der Waals surface area contributed by atoms with E-state index < -0.39 is 0 Å². The molecule has 0 bridgehead atoms. The van der Waals surface area contributed by atoms with Gasteiger partial charge in [-0.25, -0.2) is 0 Å². The predicted octanol–water partition coefficient (Wildman–Crippen LogP) is 1.93. The Morgan fingerprint density at radius 1 is 1.53 bits per heavy atom. The van der Waals surface area contributed by atoms with Crippen LogP contribution in [0.1, 0.15) is 44.5 Å². The van der Waals surface area contributed by atoms with Crippen molar-refractivity contribution in [3.63, 3.8) is 0 Å². The van der Waals surface area contributed by atoms with Gasteiger partial charge in [0.25, 0.3) is 0 Å². The van der Waals surface area contributed by atoms with Crippen LogP contribution >= 0.6 is 0 Å². The Morgan fingerprint density at radius 2 is 2.24 bits per heavy atom. The summed E-state index contributed by atoms with van der Waals surface area (Å²) in [7, 11) is 1.62. The van der Waals surface area contributed by atoms with Gasteiger partial charge in [-0.3, -0.25) is 4.79 Å². The fourth-order valence-corrected chi connectivity index (χ4v) is 1.83. The van der Waals surface area contributed by atoms with Gasteiger partial charge in [0.2, 0.25) is 11.7 Å². The fourth-order valence-electron chi connectivity index (χ4n) is 1.83. The molecular formula is C12H18N2O3. The van der Waals surface area contributed by atoms with Gasteiger partial charge in [0.05, 0.1) is 6.42 Å². The molecule has 1 unspecified atom stereocenters. The van der Waals surface area contributed by atoms with E-state index in [-0.39, 0.29) is 30.1 Å². The van der Waals surface area contributed by atoms with Crippen LogP contribution in [0.15, 0.2) is 4.52 Å². The number of methoxy groups -OCH3 is 1. The molecule has 0 N–H and O–H groups in total. The third kappa shape index (κ3) is 2.91. The van der Waals surface area contributed by atoms with Crippen LogP contribution in [0.25, 0.3) is 0 Å². The van der Waals surface area contributed by atoms with E-state index in [1.807, 2.05) is 13.8 Å². The number of ketones is 1. The third-order valence-corrected chi connectivity index (χ3v) is 2.96. The number of Topliss-reactive ketones (excluding diaryl/α,β-unsaturated/α-hetero) is 1. The molecule has 1 atom stereocenters. The van der Waals surface area contributed by atoms with Crippen molar-refractivity contribution in [3.8, 4) is 0 Å². The minimum Gasteiger partial charge on any atom is -0.373 e. The topological polar surface area (TPSA) is 65.2 Å². The van der Waals surface area contributed by atoms with E-state index in [4.69, 9.17) is 9.26 Å². The smallest absolute Gasteiger partial charge is 0.234 e.